The minimum Gasteiger partial charge on any atom is -0.376 e. The van der Waals surface area contributed by atoms with Crippen molar-refractivity contribution in [3.63, 3.8) is 0 Å². The molecule has 1 aromatic heterocycles. The Morgan fingerprint density at radius 1 is 1.13 bits per heavy atom. The van der Waals surface area contributed by atoms with E-state index >= 15 is 0 Å². The molecule has 3 aromatic rings. The van der Waals surface area contributed by atoms with Gasteiger partial charge in [-0.05, 0) is 60.9 Å². The third-order valence-corrected chi connectivity index (χ3v) is 7.03. The average molecular weight is 423 g/mol. The average Bonchev–Trinajstić information content (AvgIpc) is 3.38. The lowest BCUT2D eigenvalue weighted by atomic mass is 9.86. The van der Waals surface area contributed by atoms with E-state index in [4.69, 9.17) is 9.72 Å². The fraction of sp³-hybridized carbons (Fsp3) is 0.440. The van der Waals surface area contributed by atoms with Gasteiger partial charge in [-0.2, -0.15) is 0 Å². The highest BCUT2D eigenvalue weighted by atomic mass is 32.1. The summed E-state index contributed by atoms with van der Waals surface area (Å²) in [7, 11) is 0. The molecule has 1 aliphatic heterocycles. The zero-order chi connectivity index (χ0) is 21.5. The van der Waals surface area contributed by atoms with E-state index in [2.05, 4.69) is 58.9 Å². The second-order valence-corrected chi connectivity index (χ2v) is 10.2. The topological polar surface area (TPSA) is 42.4 Å². The van der Waals surface area contributed by atoms with Crippen molar-refractivity contribution in [2.24, 2.45) is 0 Å². The zero-order valence-corrected chi connectivity index (χ0v) is 19.3. The molecule has 1 fully saturated rings. The number of amides is 1. The normalized spacial score (nSPS) is 16.9. The molecule has 0 saturated carbocycles. The van der Waals surface area contributed by atoms with Gasteiger partial charge in [-0.25, -0.2) is 4.98 Å². The molecule has 1 aliphatic rings. The molecule has 5 heteroatoms. The van der Waals surface area contributed by atoms with Gasteiger partial charge in [-0.3, -0.25) is 9.69 Å². The fourth-order valence-electron chi connectivity index (χ4n) is 3.87. The van der Waals surface area contributed by atoms with Crippen LogP contribution in [-0.4, -0.2) is 30.1 Å². The van der Waals surface area contributed by atoms with Crippen LogP contribution in [0.15, 0.2) is 36.4 Å². The Labute approximate surface area is 182 Å². The second kappa shape index (κ2) is 8.12. The van der Waals surface area contributed by atoms with Gasteiger partial charge in [0.2, 0.25) is 0 Å². The van der Waals surface area contributed by atoms with Gasteiger partial charge in [0, 0.05) is 12.2 Å². The van der Waals surface area contributed by atoms with Crippen molar-refractivity contribution in [2.75, 3.05) is 18.1 Å². The van der Waals surface area contributed by atoms with Crippen molar-refractivity contribution < 1.29 is 9.53 Å². The molecule has 1 atom stereocenters. The number of anilines is 1. The van der Waals surface area contributed by atoms with Crippen LogP contribution in [0.1, 0.15) is 60.7 Å². The van der Waals surface area contributed by atoms with Crippen LogP contribution in [0, 0.1) is 13.8 Å². The van der Waals surface area contributed by atoms with E-state index in [1.807, 2.05) is 17.0 Å². The molecule has 30 heavy (non-hydrogen) atoms. The molecular weight excluding hydrogens is 392 g/mol. The lowest BCUT2D eigenvalue weighted by molar-refractivity contribution is 0.0917. The Morgan fingerprint density at radius 3 is 2.43 bits per heavy atom. The maximum absolute atomic E-state index is 13.6. The molecule has 158 valence electrons. The Kier molecular flexibility index (Phi) is 5.69. The molecule has 1 amide bonds. The first-order valence-electron chi connectivity index (χ1n) is 10.6. The smallest absolute Gasteiger partial charge is 0.260 e. The molecule has 0 radical (unpaired) electrons. The van der Waals surface area contributed by atoms with E-state index in [1.165, 1.54) is 11.1 Å². The highest BCUT2D eigenvalue weighted by Crippen LogP contribution is 2.34. The number of benzene rings is 2. The van der Waals surface area contributed by atoms with E-state index in [9.17, 15) is 4.79 Å². The Morgan fingerprint density at radius 2 is 1.83 bits per heavy atom. The summed E-state index contributed by atoms with van der Waals surface area (Å²) in [5.41, 5.74) is 5.28. The summed E-state index contributed by atoms with van der Waals surface area (Å²) in [5, 5.41) is 0.753. The minimum atomic E-state index is -0.0136. The van der Waals surface area contributed by atoms with E-state index in [0.29, 0.717) is 12.1 Å². The van der Waals surface area contributed by atoms with Crippen molar-refractivity contribution in [1.29, 1.82) is 0 Å². The van der Waals surface area contributed by atoms with Crippen molar-refractivity contribution >= 4 is 32.6 Å². The summed E-state index contributed by atoms with van der Waals surface area (Å²) in [6.07, 6.45) is 2.10. The predicted octanol–water partition coefficient (Wildman–Crippen LogP) is 6.04. The van der Waals surface area contributed by atoms with Crippen LogP contribution in [0.3, 0.4) is 0 Å². The molecule has 4 nitrogen and oxygen atoms in total. The van der Waals surface area contributed by atoms with Crippen molar-refractivity contribution in [1.82, 2.24) is 4.98 Å². The van der Waals surface area contributed by atoms with E-state index < -0.39 is 0 Å². The lowest BCUT2D eigenvalue weighted by Crippen LogP contribution is -2.37. The third-order valence-electron chi connectivity index (χ3n) is 5.82. The number of hydrogen-bond donors (Lipinski definition) is 0. The van der Waals surface area contributed by atoms with Gasteiger partial charge in [0.1, 0.15) is 0 Å². The fourth-order valence-corrected chi connectivity index (χ4v) is 4.99. The highest BCUT2D eigenvalue weighted by Gasteiger charge is 2.28. The van der Waals surface area contributed by atoms with Gasteiger partial charge >= 0.3 is 0 Å². The van der Waals surface area contributed by atoms with Crippen LogP contribution in [0.4, 0.5) is 5.13 Å². The summed E-state index contributed by atoms with van der Waals surface area (Å²) >= 11 is 1.60. The summed E-state index contributed by atoms with van der Waals surface area (Å²) in [4.78, 5) is 20.3. The number of rotatable bonds is 4. The monoisotopic (exact) mass is 422 g/mol. The number of ether oxygens (including phenoxy) is 1. The molecule has 0 aliphatic carbocycles. The maximum atomic E-state index is 13.6. The van der Waals surface area contributed by atoms with Crippen LogP contribution in [0.2, 0.25) is 0 Å². The van der Waals surface area contributed by atoms with E-state index in [0.717, 1.165) is 40.4 Å². The van der Waals surface area contributed by atoms with Gasteiger partial charge in [0.05, 0.1) is 22.9 Å². The molecule has 1 saturated heterocycles. The summed E-state index contributed by atoms with van der Waals surface area (Å²) in [6, 6.07) is 12.2. The minimum absolute atomic E-state index is 0.0136. The summed E-state index contributed by atoms with van der Waals surface area (Å²) in [5.74, 6) is -0.0136. The summed E-state index contributed by atoms with van der Waals surface area (Å²) < 4.78 is 7.01. The highest BCUT2D eigenvalue weighted by molar-refractivity contribution is 7.22. The molecule has 0 spiro atoms. The molecule has 2 heterocycles. The molecule has 4 rings (SSSR count). The van der Waals surface area contributed by atoms with E-state index in [-0.39, 0.29) is 17.4 Å². The zero-order valence-electron chi connectivity index (χ0n) is 18.5. The van der Waals surface area contributed by atoms with Crippen LogP contribution in [0.25, 0.3) is 10.2 Å². The number of hydrogen-bond acceptors (Lipinski definition) is 4. The van der Waals surface area contributed by atoms with Crippen LogP contribution in [-0.2, 0) is 10.2 Å². The van der Waals surface area contributed by atoms with Crippen LogP contribution < -0.4 is 4.90 Å². The van der Waals surface area contributed by atoms with Gasteiger partial charge in [-0.15, -0.1) is 0 Å². The van der Waals surface area contributed by atoms with Crippen molar-refractivity contribution in [2.45, 2.75) is 59.0 Å². The summed E-state index contributed by atoms with van der Waals surface area (Å²) in [6.45, 7) is 12.0. The largest absolute Gasteiger partial charge is 0.376 e. The third kappa shape index (κ3) is 4.14. The molecular formula is C25H30N2O2S. The Bertz CT molecular complexity index is 1020. The van der Waals surface area contributed by atoms with Gasteiger partial charge in [0.25, 0.3) is 5.91 Å². The van der Waals surface area contributed by atoms with Gasteiger partial charge in [-0.1, -0.05) is 56.4 Å². The number of thiazole rings is 1. The number of carbonyl (C=O) groups is 1. The lowest BCUT2D eigenvalue weighted by Gasteiger charge is -2.24. The molecule has 0 N–H and O–H groups in total. The molecule has 1 unspecified atom stereocenters. The number of fused-ring (bicyclic) bond motifs is 1. The number of aryl methyl sites for hydroxylation is 2. The standard InChI is InChI=1S/C25H30N2O2S/c1-16-8-9-17(2)22-21(16)26-24(30-22)27(15-20-7-6-14-29-20)23(28)18-10-12-19(13-11-18)25(3,4)5/h8-13,20H,6-7,14-15H2,1-5H3. The number of aromatic nitrogens is 1. The second-order valence-electron chi connectivity index (χ2n) is 9.25. The van der Waals surface area contributed by atoms with Crippen LogP contribution in [0.5, 0.6) is 0 Å². The van der Waals surface area contributed by atoms with Crippen LogP contribution >= 0.6 is 11.3 Å². The first-order chi connectivity index (χ1) is 14.2. The molecule has 0 bridgehead atoms. The number of nitrogens with zero attached hydrogens (tertiary/aromatic N) is 2. The maximum Gasteiger partial charge on any atom is 0.260 e. The Balaban J connectivity index is 1.72. The Hall–Kier alpha value is -2.24. The van der Waals surface area contributed by atoms with Gasteiger partial charge < -0.3 is 4.74 Å². The van der Waals surface area contributed by atoms with Crippen molar-refractivity contribution in [3.8, 4) is 0 Å². The number of carbonyl (C=O) groups excluding carboxylic acids is 1. The van der Waals surface area contributed by atoms with Gasteiger partial charge in [0.15, 0.2) is 5.13 Å². The first kappa shape index (κ1) is 21.0. The SMILES string of the molecule is Cc1ccc(C)c2sc(N(CC3CCCO3)C(=O)c3ccc(C(C)(C)C)cc3)nc12. The predicted molar refractivity (Wildman–Crippen MR) is 125 cm³/mol. The molecule has 2 aromatic carbocycles. The van der Waals surface area contributed by atoms with E-state index in [1.54, 1.807) is 11.3 Å². The van der Waals surface area contributed by atoms with Crippen molar-refractivity contribution in [3.05, 3.63) is 58.7 Å². The first-order valence-corrected chi connectivity index (χ1v) is 11.5. The quantitative estimate of drug-likeness (QED) is 0.515.